The normalized spacial score (nSPS) is 23.9. The summed E-state index contributed by atoms with van der Waals surface area (Å²) in [6, 6.07) is 8.04. The molecule has 5 nitrogen and oxygen atoms in total. The summed E-state index contributed by atoms with van der Waals surface area (Å²) in [5.41, 5.74) is -1.37. The number of hydrogen-bond donors (Lipinski definition) is 3. The number of fused-ring (bicyclic) bond motifs is 2. The number of phenolic OH excluding ortho intramolecular Hbond substituents is 1. The lowest BCUT2D eigenvalue weighted by atomic mass is 9.69. The molecule has 4 rings (SSSR count). The average Bonchev–Trinajstić information content (AvgIpc) is 2.69. The maximum Gasteiger partial charge on any atom is 0.419 e. The van der Waals surface area contributed by atoms with Crippen LogP contribution in [0.25, 0.3) is 10.9 Å². The van der Waals surface area contributed by atoms with Crippen molar-refractivity contribution >= 4 is 16.6 Å². The summed E-state index contributed by atoms with van der Waals surface area (Å²) in [7, 11) is 0. The third kappa shape index (κ3) is 3.15. The predicted molar refractivity (Wildman–Crippen MR) is 107 cm³/mol. The first-order valence-corrected chi connectivity index (χ1v) is 9.75. The number of aromatic nitrogens is 2. The molecular weight excluding hydrogens is 395 g/mol. The van der Waals surface area contributed by atoms with Crippen LogP contribution in [-0.2, 0) is 0 Å². The largest absolute Gasteiger partial charge is 0.508 e. The quantitative estimate of drug-likeness (QED) is 0.560. The van der Waals surface area contributed by atoms with Gasteiger partial charge in [-0.1, -0.05) is 25.1 Å². The summed E-state index contributed by atoms with van der Waals surface area (Å²) < 4.78 is 42.5. The van der Waals surface area contributed by atoms with E-state index >= 15 is 0 Å². The van der Waals surface area contributed by atoms with Crippen molar-refractivity contribution in [3.05, 3.63) is 59.5 Å². The smallest absolute Gasteiger partial charge is 0.419 e. The molecule has 0 saturated heterocycles. The SMILES string of the molecule is CCC1CC(O)(C(F)(F)F)C(Nc2cccc3nc(C)ncc23)c2cccc(O)c21. The second kappa shape index (κ2) is 7.12. The molecule has 0 fully saturated rings. The highest BCUT2D eigenvalue weighted by Crippen LogP contribution is 2.55. The Kier molecular flexibility index (Phi) is 4.85. The Labute approximate surface area is 171 Å². The fourth-order valence-electron chi connectivity index (χ4n) is 4.37. The molecule has 1 heterocycles. The van der Waals surface area contributed by atoms with Crippen LogP contribution < -0.4 is 5.32 Å². The van der Waals surface area contributed by atoms with Crippen molar-refractivity contribution in [3.8, 4) is 5.75 Å². The number of aromatic hydroxyl groups is 1. The Hall–Kier alpha value is -2.87. The minimum atomic E-state index is -4.88. The predicted octanol–water partition coefficient (Wildman–Crippen LogP) is 4.99. The molecule has 30 heavy (non-hydrogen) atoms. The van der Waals surface area contributed by atoms with Gasteiger partial charge in [-0.15, -0.1) is 0 Å². The molecule has 0 amide bonds. The summed E-state index contributed by atoms with van der Waals surface area (Å²) >= 11 is 0. The van der Waals surface area contributed by atoms with E-state index in [9.17, 15) is 23.4 Å². The summed E-state index contributed by atoms with van der Waals surface area (Å²) in [6.45, 7) is 3.48. The molecular formula is C22H22F3N3O2. The van der Waals surface area contributed by atoms with Gasteiger partial charge in [0.2, 0.25) is 0 Å². The Balaban J connectivity index is 1.91. The van der Waals surface area contributed by atoms with E-state index in [1.54, 1.807) is 38.2 Å². The molecule has 3 unspecified atom stereocenters. The Morgan fingerprint density at radius 2 is 1.93 bits per heavy atom. The number of aliphatic hydroxyl groups is 1. The molecule has 0 radical (unpaired) electrons. The van der Waals surface area contributed by atoms with E-state index in [1.165, 1.54) is 18.2 Å². The number of hydrogen-bond acceptors (Lipinski definition) is 5. The lowest BCUT2D eigenvalue weighted by Gasteiger charge is -2.45. The number of nitrogens with zero attached hydrogens (tertiary/aromatic N) is 2. The standard InChI is InChI=1S/C22H22F3N3O2/c1-3-13-10-21(30,22(23,24)25)20(14-6-4-9-18(29)19(13)14)28-17-8-5-7-16-15(17)11-26-12(2)27-16/h4-9,11,13,20,28-30H,3,10H2,1-2H3. The van der Waals surface area contributed by atoms with Crippen molar-refractivity contribution in [1.82, 2.24) is 9.97 Å². The van der Waals surface area contributed by atoms with Crippen LogP contribution in [0.5, 0.6) is 5.75 Å². The molecule has 3 aromatic rings. The van der Waals surface area contributed by atoms with Gasteiger partial charge in [0, 0.05) is 22.8 Å². The van der Waals surface area contributed by atoms with Crippen LogP contribution in [0.2, 0.25) is 0 Å². The van der Waals surface area contributed by atoms with Gasteiger partial charge in [-0.2, -0.15) is 13.2 Å². The number of rotatable bonds is 3. The van der Waals surface area contributed by atoms with Crippen LogP contribution >= 0.6 is 0 Å². The number of aryl methyl sites for hydroxylation is 1. The third-order valence-corrected chi connectivity index (χ3v) is 5.90. The maximum atomic E-state index is 14.2. The molecule has 0 saturated carbocycles. The lowest BCUT2D eigenvalue weighted by molar-refractivity contribution is -0.272. The Morgan fingerprint density at radius 3 is 2.63 bits per heavy atom. The summed E-state index contributed by atoms with van der Waals surface area (Å²) in [4.78, 5) is 8.48. The number of benzene rings is 2. The topological polar surface area (TPSA) is 78.3 Å². The van der Waals surface area contributed by atoms with Gasteiger partial charge in [-0.05, 0) is 49.4 Å². The third-order valence-electron chi connectivity index (χ3n) is 5.90. The fourth-order valence-corrected chi connectivity index (χ4v) is 4.37. The van der Waals surface area contributed by atoms with Gasteiger partial charge in [-0.25, -0.2) is 9.97 Å². The number of nitrogens with one attached hydrogen (secondary N) is 1. The van der Waals surface area contributed by atoms with Crippen molar-refractivity contribution in [1.29, 1.82) is 0 Å². The van der Waals surface area contributed by atoms with Gasteiger partial charge in [-0.3, -0.25) is 0 Å². The summed E-state index contributed by atoms with van der Waals surface area (Å²) in [5, 5.41) is 24.8. The molecule has 0 spiro atoms. The lowest BCUT2D eigenvalue weighted by Crippen LogP contribution is -2.55. The zero-order valence-electron chi connectivity index (χ0n) is 16.5. The van der Waals surface area contributed by atoms with Crippen LogP contribution in [-0.4, -0.2) is 32.0 Å². The molecule has 1 aliphatic carbocycles. The van der Waals surface area contributed by atoms with Gasteiger partial charge in [0.1, 0.15) is 11.6 Å². The van der Waals surface area contributed by atoms with Crippen molar-refractivity contribution < 1.29 is 23.4 Å². The zero-order valence-corrected chi connectivity index (χ0v) is 16.5. The highest BCUT2D eigenvalue weighted by Gasteiger charge is 2.62. The van der Waals surface area contributed by atoms with Crippen LogP contribution in [0.15, 0.2) is 42.6 Å². The van der Waals surface area contributed by atoms with Gasteiger partial charge < -0.3 is 15.5 Å². The molecule has 0 aliphatic heterocycles. The first-order valence-electron chi connectivity index (χ1n) is 9.75. The first-order chi connectivity index (χ1) is 14.2. The van der Waals surface area contributed by atoms with Crippen LogP contribution in [0.4, 0.5) is 18.9 Å². The minimum absolute atomic E-state index is 0.0627. The minimum Gasteiger partial charge on any atom is -0.508 e. The second-order valence-electron chi connectivity index (χ2n) is 7.74. The van der Waals surface area contributed by atoms with Crippen LogP contribution in [0, 0.1) is 6.92 Å². The van der Waals surface area contributed by atoms with E-state index in [1.807, 2.05) is 0 Å². The molecule has 3 atom stereocenters. The molecule has 3 N–H and O–H groups in total. The number of alkyl halides is 3. The van der Waals surface area contributed by atoms with E-state index in [4.69, 9.17) is 0 Å². The monoisotopic (exact) mass is 417 g/mol. The molecule has 158 valence electrons. The highest BCUT2D eigenvalue weighted by molar-refractivity contribution is 5.91. The maximum absolute atomic E-state index is 14.2. The van der Waals surface area contributed by atoms with E-state index < -0.39 is 30.2 Å². The number of halogens is 3. The van der Waals surface area contributed by atoms with Gasteiger partial charge in [0.15, 0.2) is 5.60 Å². The van der Waals surface area contributed by atoms with Crippen LogP contribution in [0.3, 0.4) is 0 Å². The van der Waals surface area contributed by atoms with Crippen molar-refractivity contribution in [2.24, 2.45) is 0 Å². The van der Waals surface area contributed by atoms with Gasteiger partial charge in [0.05, 0.1) is 11.6 Å². The molecule has 1 aliphatic rings. The Bertz CT molecular complexity index is 1100. The first kappa shape index (κ1) is 20.4. The van der Waals surface area contributed by atoms with Crippen molar-refractivity contribution in [2.45, 2.75) is 50.4 Å². The number of anilines is 1. The van der Waals surface area contributed by atoms with Crippen LogP contribution in [0.1, 0.15) is 48.7 Å². The molecule has 0 bridgehead atoms. The van der Waals surface area contributed by atoms with Crippen molar-refractivity contribution in [3.63, 3.8) is 0 Å². The zero-order chi connectivity index (χ0) is 21.7. The van der Waals surface area contributed by atoms with Gasteiger partial charge in [0.25, 0.3) is 0 Å². The Morgan fingerprint density at radius 1 is 1.20 bits per heavy atom. The van der Waals surface area contributed by atoms with E-state index in [2.05, 4.69) is 15.3 Å². The molecule has 1 aromatic heterocycles. The average molecular weight is 417 g/mol. The second-order valence-corrected chi connectivity index (χ2v) is 7.74. The van der Waals surface area contributed by atoms with Gasteiger partial charge >= 0.3 is 6.18 Å². The fraction of sp³-hybridized carbons (Fsp3) is 0.364. The van der Waals surface area contributed by atoms with E-state index in [0.717, 1.165) is 0 Å². The van der Waals surface area contributed by atoms with E-state index in [0.29, 0.717) is 34.4 Å². The summed E-state index contributed by atoms with van der Waals surface area (Å²) in [6.07, 6.45) is -3.51. The highest BCUT2D eigenvalue weighted by atomic mass is 19.4. The van der Waals surface area contributed by atoms with Crippen molar-refractivity contribution in [2.75, 3.05) is 5.32 Å². The summed E-state index contributed by atoms with van der Waals surface area (Å²) in [5.74, 6) is -0.137. The number of phenols is 1. The molecule has 8 heteroatoms. The van der Waals surface area contributed by atoms with E-state index in [-0.39, 0.29) is 11.3 Å². The molecule has 2 aromatic carbocycles.